The molecule has 2 heterocycles. The minimum absolute atomic E-state index is 0. The molecule has 2 N–H and O–H groups in total. The summed E-state index contributed by atoms with van der Waals surface area (Å²) in [6, 6.07) is 0.220. The summed E-state index contributed by atoms with van der Waals surface area (Å²) in [4.78, 5) is 10.7. The van der Waals surface area contributed by atoms with Gasteiger partial charge in [0.1, 0.15) is 6.54 Å². The summed E-state index contributed by atoms with van der Waals surface area (Å²) in [6.45, 7) is 10.3. The summed E-state index contributed by atoms with van der Waals surface area (Å²) in [5.41, 5.74) is -0.191. The van der Waals surface area contributed by atoms with Gasteiger partial charge in [-0.15, -0.1) is 24.0 Å². The van der Waals surface area contributed by atoms with Gasteiger partial charge in [0.2, 0.25) is 5.89 Å². The number of piperidine rings is 1. The molecular formula is C17H31F2IN6O. The van der Waals surface area contributed by atoms with Gasteiger partial charge in [-0.05, 0) is 19.8 Å². The van der Waals surface area contributed by atoms with Crippen molar-refractivity contribution in [3.05, 3.63) is 11.7 Å². The van der Waals surface area contributed by atoms with Gasteiger partial charge >= 0.3 is 0 Å². The first kappa shape index (κ1) is 24.0. The van der Waals surface area contributed by atoms with Gasteiger partial charge < -0.3 is 15.2 Å². The van der Waals surface area contributed by atoms with Crippen molar-refractivity contribution in [2.24, 2.45) is 4.99 Å². The summed E-state index contributed by atoms with van der Waals surface area (Å²) in [6.07, 6.45) is -0.646. The van der Waals surface area contributed by atoms with E-state index in [9.17, 15) is 8.78 Å². The highest BCUT2D eigenvalue weighted by molar-refractivity contribution is 14.0. The van der Waals surface area contributed by atoms with E-state index in [1.807, 2.05) is 27.7 Å². The first-order valence-corrected chi connectivity index (χ1v) is 9.16. The molecule has 0 unspecified atom stereocenters. The van der Waals surface area contributed by atoms with Gasteiger partial charge in [-0.25, -0.2) is 13.8 Å². The van der Waals surface area contributed by atoms with Crippen LogP contribution in [-0.2, 0) is 12.0 Å². The fourth-order valence-electron chi connectivity index (χ4n) is 2.74. The second kappa shape index (κ2) is 11.1. The first-order chi connectivity index (χ1) is 12.3. The van der Waals surface area contributed by atoms with Crippen molar-refractivity contribution in [3.63, 3.8) is 0 Å². The Labute approximate surface area is 176 Å². The Morgan fingerprint density at radius 1 is 1.33 bits per heavy atom. The van der Waals surface area contributed by atoms with Crippen LogP contribution in [0.4, 0.5) is 8.78 Å². The molecule has 1 fully saturated rings. The third-order valence-electron chi connectivity index (χ3n) is 4.16. The fourth-order valence-corrected chi connectivity index (χ4v) is 2.74. The van der Waals surface area contributed by atoms with E-state index in [0.717, 1.165) is 19.4 Å². The topological polar surface area (TPSA) is 78.6 Å². The number of alkyl halides is 2. The van der Waals surface area contributed by atoms with Crippen molar-refractivity contribution >= 4 is 29.9 Å². The predicted octanol–water partition coefficient (Wildman–Crippen LogP) is 2.77. The Morgan fingerprint density at radius 3 is 2.52 bits per heavy atom. The van der Waals surface area contributed by atoms with E-state index in [2.05, 4.69) is 25.8 Å². The summed E-state index contributed by atoms with van der Waals surface area (Å²) in [5, 5.41) is 10.5. The fraction of sp³-hybridized carbons (Fsp3) is 0.824. The monoisotopic (exact) mass is 500 g/mol. The van der Waals surface area contributed by atoms with E-state index in [1.165, 1.54) is 0 Å². The van der Waals surface area contributed by atoms with Gasteiger partial charge in [0, 0.05) is 31.1 Å². The summed E-state index contributed by atoms with van der Waals surface area (Å²) < 4.78 is 30.2. The predicted molar refractivity (Wildman–Crippen MR) is 112 cm³/mol. The second-order valence-corrected chi connectivity index (χ2v) is 7.57. The number of rotatable bonds is 6. The molecule has 0 amide bonds. The second-order valence-electron chi connectivity index (χ2n) is 7.57. The van der Waals surface area contributed by atoms with Crippen molar-refractivity contribution in [2.75, 3.05) is 26.2 Å². The van der Waals surface area contributed by atoms with Gasteiger partial charge in [0.25, 0.3) is 6.43 Å². The van der Waals surface area contributed by atoms with Crippen molar-refractivity contribution in [1.29, 1.82) is 0 Å². The maximum absolute atomic E-state index is 12.5. The minimum atomic E-state index is -2.27. The third kappa shape index (κ3) is 8.24. The number of hydrogen-bond acceptors (Lipinski definition) is 5. The average molecular weight is 500 g/mol. The molecule has 0 aromatic carbocycles. The van der Waals surface area contributed by atoms with Gasteiger partial charge in [0.15, 0.2) is 11.8 Å². The zero-order valence-corrected chi connectivity index (χ0v) is 18.8. The van der Waals surface area contributed by atoms with Crippen LogP contribution < -0.4 is 10.6 Å². The van der Waals surface area contributed by atoms with Crippen LogP contribution in [-0.4, -0.2) is 59.6 Å². The molecule has 0 atom stereocenters. The number of likely N-dealkylation sites (tertiary alicyclic amines) is 1. The molecule has 0 aliphatic carbocycles. The molecule has 156 valence electrons. The van der Waals surface area contributed by atoms with Crippen LogP contribution in [0.25, 0.3) is 0 Å². The smallest absolute Gasteiger partial charge is 0.251 e. The molecule has 1 aliphatic rings. The van der Waals surface area contributed by atoms with Crippen LogP contribution in [0.3, 0.4) is 0 Å². The van der Waals surface area contributed by atoms with Crippen molar-refractivity contribution in [2.45, 2.75) is 65.0 Å². The third-order valence-corrected chi connectivity index (χ3v) is 4.16. The van der Waals surface area contributed by atoms with E-state index in [4.69, 9.17) is 4.52 Å². The van der Waals surface area contributed by atoms with Gasteiger partial charge in [-0.1, -0.05) is 25.9 Å². The molecular weight excluding hydrogens is 469 g/mol. The van der Waals surface area contributed by atoms with Crippen molar-refractivity contribution in [3.8, 4) is 0 Å². The number of halogens is 3. The van der Waals surface area contributed by atoms with Gasteiger partial charge in [0.05, 0.1) is 6.54 Å². The molecule has 0 saturated carbocycles. The maximum Gasteiger partial charge on any atom is 0.251 e. The molecule has 1 aliphatic heterocycles. The Hall–Kier alpha value is -1.04. The number of guanidine groups is 1. The lowest BCUT2D eigenvalue weighted by atomic mass is 9.97. The molecule has 1 aromatic rings. The van der Waals surface area contributed by atoms with E-state index < -0.39 is 6.43 Å². The Bertz CT molecular complexity index is 582. The average Bonchev–Trinajstić information content (AvgIpc) is 3.03. The molecule has 0 spiro atoms. The van der Waals surface area contributed by atoms with Gasteiger partial charge in [-0.3, -0.25) is 4.90 Å². The molecule has 10 heteroatoms. The molecule has 0 radical (unpaired) electrons. The standard InChI is InChI=1S/C17H30F2N6O.HI/c1-5-20-16(21-10-14-23-15(26-24-14)17(2,3)4)22-12-6-8-25(9-7-12)11-13(18)19;/h12-13H,5-11H2,1-4H3,(H2,20,21,22);1H. The zero-order valence-electron chi connectivity index (χ0n) is 16.5. The van der Waals surface area contributed by atoms with E-state index >= 15 is 0 Å². The lowest BCUT2D eigenvalue weighted by Crippen LogP contribution is -2.49. The molecule has 27 heavy (non-hydrogen) atoms. The first-order valence-electron chi connectivity index (χ1n) is 9.16. The normalized spacial score (nSPS) is 17.1. The number of nitrogens with zero attached hydrogens (tertiary/aromatic N) is 4. The number of aromatic nitrogens is 2. The molecule has 0 bridgehead atoms. The highest BCUT2D eigenvalue weighted by atomic mass is 127. The number of nitrogens with one attached hydrogen (secondary N) is 2. The summed E-state index contributed by atoms with van der Waals surface area (Å²) in [5.74, 6) is 1.81. The van der Waals surface area contributed by atoms with Crippen LogP contribution >= 0.6 is 24.0 Å². The number of hydrogen-bond donors (Lipinski definition) is 2. The highest BCUT2D eigenvalue weighted by Crippen LogP contribution is 2.19. The Morgan fingerprint density at radius 2 is 2.00 bits per heavy atom. The van der Waals surface area contributed by atoms with Crippen molar-refractivity contribution in [1.82, 2.24) is 25.7 Å². The quantitative estimate of drug-likeness (QED) is 0.356. The van der Waals surface area contributed by atoms with Crippen LogP contribution in [0.15, 0.2) is 9.52 Å². The minimum Gasteiger partial charge on any atom is -0.357 e. The van der Waals surface area contributed by atoms with Gasteiger partial charge in [-0.2, -0.15) is 4.98 Å². The highest BCUT2D eigenvalue weighted by Gasteiger charge is 2.23. The van der Waals surface area contributed by atoms with E-state index in [0.29, 0.717) is 37.3 Å². The molecule has 2 rings (SSSR count). The van der Waals surface area contributed by atoms with Crippen LogP contribution in [0.1, 0.15) is 52.3 Å². The summed E-state index contributed by atoms with van der Waals surface area (Å²) >= 11 is 0. The molecule has 1 aromatic heterocycles. The van der Waals surface area contributed by atoms with Crippen LogP contribution in [0.2, 0.25) is 0 Å². The zero-order chi connectivity index (χ0) is 19.2. The van der Waals surface area contributed by atoms with E-state index in [1.54, 1.807) is 4.90 Å². The maximum atomic E-state index is 12.5. The Balaban J connectivity index is 0.00000364. The lowest BCUT2D eigenvalue weighted by Gasteiger charge is -2.32. The summed E-state index contributed by atoms with van der Waals surface area (Å²) in [7, 11) is 0. The van der Waals surface area contributed by atoms with E-state index in [-0.39, 0.29) is 42.0 Å². The van der Waals surface area contributed by atoms with Crippen LogP contribution in [0, 0.1) is 0 Å². The largest absolute Gasteiger partial charge is 0.357 e. The SMILES string of the molecule is CCNC(=NCc1noc(C(C)(C)C)n1)NC1CCN(CC(F)F)CC1.I. The lowest BCUT2D eigenvalue weighted by molar-refractivity contribution is 0.0744. The molecule has 7 nitrogen and oxygen atoms in total. The molecule has 1 saturated heterocycles. The Kier molecular flexibility index (Phi) is 9.85. The number of aliphatic imine (C=N–C) groups is 1. The van der Waals surface area contributed by atoms with Crippen LogP contribution in [0.5, 0.6) is 0 Å². The van der Waals surface area contributed by atoms with Crippen molar-refractivity contribution < 1.29 is 13.3 Å².